The van der Waals surface area contributed by atoms with Crippen LogP contribution < -0.4 is 19.7 Å². The number of hydrogen-bond acceptors (Lipinski definition) is 3. The van der Waals surface area contributed by atoms with Gasteiger partial charge in [0.05, 0.1) is 20.8 Å². The number of carbonyl (C=O) groups excluding carboxylic acids is 1. The van der Waals surface area contributed by atoms with Crippen LogP contribution >= 0.6 is 0 Å². The number of methoxy groups -OCH3 is 2. The number of fused-ring (bicyclic) bond motifs is 1. The topological polar surface area (TPSA) is 52.0 Å². The minimum absolute atomic E-state index is 0.0413. The molecular weight excluding hydrogens is 328 g/mol. The first-order valence-electron chi connectivity index (χ1n) is 8.97. The molecule has 3 rings (SSSR count). The van der Waals surface area contributed by atoms with Gasteiger partial charge in [-0.3, -0.25) is 4.79 Å². The Kier molecular flexibility index (Phi) is 5.47. The molecule has 0 radical (unpaired) electrons. The summed E-state index contributed by atoms with van der Waals surface area (Å²) in [5.41, 5.74) is 4.53. The number of rotatable bonds is 5. The van der Waals surface area contributed by atoms with Crippen LogP contribution in [-0.2, 0) is 11.2 Å². The number of aryl methyl sites for hydroxylation is 1. The molecule has 1 aliphatic heterocycles. The summed E-state index contributed by atoms with van der Waals surface area (Å²) in [6.45, 7) is 5.57. The summed E-state index contributed by atoms with van der Waals surface area (Å²) in [6.07, 6.45) is 0.924. The maximum atomic E-state index is 12.5. The van der Waals surface area contributed by atoms with Gasteiger partial charge < -0.3 is 19.7 Å². The second kappa shape index (κ2) is 7.79. The predicted molar refractivity (Wildman–Crippen MR) is 102 cm³/mol. The molecule has 0 saturated heterocycles. The summed E-state index contributed by atoms with van der Waals surface area (Å²) < 4.78 is 10.8. The molecule has 2 aromatic rings. The first-order valence-corrected chi connectivity index (χ1v) is 8.97. The van der Waals surface area contributed by atoms with Crippen molar-refractivity contribution >= 4 is 11.6 Å². The highest BCUT2D eigenvalue weighted by molar-refractivity contribution is 5.91. The summed E-state index contributed by atoms with van der Waals surface area (Å²) in [5.74, 6) is 1.54. The van der Waals surface area contributed by atoms with Gasteiger partial charge >= 0.3 is 0 Å². The SMILES string of the molecule is COc1cc2c(cc1OC)[C@H](C)[NH+](CC(=O)Nc1ccc(C)cc1)CC2. The molecule has 5 nitrogen and oxygen atoms in total. The third kappa shape index (κ3) is 3.83. The zero-order valence-electron chi connectivity index (χ0n) is 15.9. The van der Waals surface area contributed by atoms with Gasteiger partial charge in [-0.2, -0.15) is 0 Å². The Bertz CT molecular complexity index is 787. The summed E-state index contributed by atoms with van der Waals surface area (Å²) >= 11 is 0. The van der Waals surface area contributed by atoms with Gasteiger partial charge in [0.15, 0.2) is 18.0 Å². The normalized spacial score (nSPS) is 18.8. The molecule has 2 atom stereocenters. The third-order valence-electron chi connectivity index (χ3n) is 5.16. The molecule has 5 heteroatoms. The molecule has 138 valence electrons. The largest absolute Gasteiger partial charge is 0.493 e. The molecule has 0 fully saturated rings. The van der Waals surface area contributed by atoms with E-state index in [2.05, 4.69) is 24.4 Å². The summed E-state index contributed by atoms with van der Waals surface area (Å²) in [4.78, 5) is 13.7. The second-order valence-electron chi connectivity index (χ2n) is 6.88. The molecular formula is C21H27N2O3+. The molecule has 2 N–H and O–H groups in total. The van der Waals surface area contributed by atoms with Gasteiger partial charge in [-0.1, -0.05) is 17.7 Å². The van der Waals surface area contributed by atoms with Crippen molar-refractivity contribution in [2.75, 3.05) is 32.6 Å². The lowest BCUT2D eigenvalue weighted by atomic mass is 9.93. The highest BCUT2D eigenvalue weighted by Gasteiger charge is 2.30. The van der Waals surface area contributed by atoms with Crippen molar-refractivity contribution in [2.24, 2.45) is 0 Å². The average Bonchev–Trinajstić information content (AvgIpc) is 2.65. The Morgan fingerprint density at radius 2 is 1.81 bits per heavy atom. The van der Waals surface area contributed by atoms with Crippen molar-refractivity contribution in [3.05, 3.63) is 53.1 Å². The lowest BCUT2D eigenvalue weighted by molar-refractivity contribution is -0.924. The van der Waals surface area contributed by atoms with E-state index in [1.165, 1.54) is 21.6 Å². The fourth-order valence-corrected chi connectivity index (χ4v) is 3.58. The number of ether oxygens (including phenoxy) is 2. The molecule has 1 amide bonds. The van der Waals surface area contributed by atoms with Gasteiger partial charge in [0.1, 0.15) is 6.04 Å². The van der Waals surface area contributed by atoms with E-state index in [4.69, 9.17) is 9.47 Å². The number of amides is 1. The van der Waals surface area contributed by atoms with Crippen LogP contribution in [0.15, 0.2) is 36.4 Å². The Morgan fingerprint density at radius 1 is 1.15 bits per heavy atom. The van der Waals surface area contributed by atoms with Crippen molar-refractivity contribution in [3.8, 4) is 11.5 Å². The van der Waals surface area contributed by atoms with Crippen molar-refractivity contribution in [3.63, 3.8) is 0 Å². The van der Waals surface area contributed by atoms with Gasteiger partial charge in [-0.05, 0) is 43.7 Å². The van der Waals surface area contributed by atoms with Gasteiger partial charge in [0.25, 0.3) is 5.91 Å². The Hall–Kier alpha value is -2.53. The fraction of sp³-hybridized carbons (Fsp3) is 0.381. The quantitative estimate of drug-likeness (QED) is 0.864. The molecule has 1 aliphatic rings. The van der Waals surface area contributed by atoms with Crippen LogP contribution in [0.1, 0.15) is 29.7 Å². The molecule has 1 heterocycles. The number of hydrogen-bond donors (Lipinski definition) is 2. The fourth-order valence-electron chi connectivity index (χ4n) is 3.58. The maximum absolute atomic E-state index is 12.5. The van der Waals surface area contributed by atoms with E-state index in [0.717, 1.165) is 30.2 Å². The number of carbonyl (C=O) groups is 1. The van der Waals surface area contributed by atoms with Crippen LogP contribution in [0.3, 0.4) is 0 Å². The number of benzene rings is 2. The van der Waals surface area contributed by atoms with E-state index in [9.17, 15) is 4.79 Å². The van der Waals surface area contributed by atoms with Crippen LogP contribution in [0.25, 0.3) is 0 Å². The summed E-state index contributed by atoms with van der Waals surface area (Å²) in [5, 5.41) is 3.00. The summed E-state index contributed by atoms with van der Waals surface area (Å²) in [7, 11) is 3.31. The predicted octanol–water partition coefficient (Wildman–Crippen LogP) is 2.15. The van der Waals surface area contributed by atoms with Crippen LogP contribution in [0.2, 0.25) is 0 Å². The van der Waals surface area contributed by atoms with Gasteiger partial charge in [-0.25, -0.2) is 0 Å². The van der Waals surface area contributed by atoms with Crippen LogP contribution in [0, 0.1) is 6.92 Å². The number of anilines is 1. The smallest absolute Gasteiger partial charge is 0.279 e. The monoisotopic (exact) mass is 355 g/mol. The Morgan fingerprint density at radius 3 is 2.46 bits per heavy atom. The lowest BCUT2D eigenvalue weighted by Crippen LogP contribution is -3.14. The van der Waals surface area contributed by atoms with Gasteiger partial charge in [0, 0.05) is 17.7 Å². The van der Waals surface area contributed by atoms with Crippen LogP contribution in [-0.4, -0.2) is 33.2 Å². The molecule has 0 bridgehead atoms. The zero-order chi connectivity index (χ0) is 18.7. The van der Waals surface area contributed by atoms with Crippen molar-refractivity contribution in [1.29, 1.82) is 0 Å². The highest BCUT2D eigenvalue weighted by Crippen LogP contribution is 2.33. The maximum Gasteiger partial charge on any atom is 0.279 e. The van der Waals surface area contributed by atoms with Crippen LogP contribution in [0.4, 0.5) is 5.69 Å². The van der Waals surface area contributed by atoms with Gasteiger partial charge in [-0.15, -0.1) is 0 Å². The van der Waals surface area contributed by atoms with Gasteiger partial charge in [0.2, 0.25) is 0 Å². The van der Waals surface area contributed by atoms with E-state index < -0.39 is 0 Å². The van der Waals surface area contributed by atoms with E-state index in [0.29, 0.717) is 6.54 Å². The van der Waals surface area contributed by atoms with Crippen molar-refractivity contribution < 1.29 is 19.2 Å². The first-order chi connectivity index (χ1) is 12.5. The van der Waals surface area contributed by atoms with Crippen molar-refractivity contribution in [2.45, 2.75) is 26.3 Å². The number of quaternary nitrogens is 1. The van der Waals surface area contributed by atoms with Crippen molar-refractivity contribution in [1.82, 2.24) is 0 Å². The lowest BCUT2D eigenvalue weighted by Gasteiger charge is -2.32. The second-order valence-corrected chi connectivity index (χ2v) is 6.88. The first kappa shape index (κ1) is 18.3. The highest BCUT2D eigenvalue weighted by atomic mass is 16.5. The number of nitrogens with one attached hydrogen (secondary N) is 2. The Labute approximate surface area is 154 Å². The van der Waals surface area contributed by atoms with E-state index in [1.54, 1.807) is 14.2 Å². The summed E-state index contributed by atoms with van der Waals surface area (Å²) in [6, 6.07) is 12.2. The Balaban J connectivity index is 1.71. The standard InChI is InChI=1S/C21H26N2O3/c1-14-5-7-17(8-6-14)22-21(24)13-23-10-9-16-11-19(25-3)20(26-4)12-18(16)15(23)2/h5-8,11-12,15H,9-10,13H2,1-4H3,(H,22,24)/p+1/t15-/m0/s1. The van der Waals surface area contributed by atoms with E-state index in [-0.39, 0.29) is 11.9 Å². The van der Waals surface area contributed by atoms with E-state index >= 15 is 0 Å². The molecule has 0 aromatic heterocycles. The molecule has 0 spiro atoms. The molecule has 2 aromatic carbocycles. The molecule has 1 unspecified atom stereocenters. The minimum Gasteiger partial charge on any atom is -0.493 e. The van der Waals surface area contributed by atoms with E-state index in [1.807, 2.05) is 31.2 Å². The molecule has 0 aliphatic carbocycles. The minimum atomic E-state index is 0.0413. The molecule has 26 heavy (non-hydrogen) atoms. The molecule has 0 saturated carbocycles. The van der Waals surface area contributed by atoms with Crippen LogP contribution in [0.5, 0.6) is 11.5 Å². The average molecular weight is 355 g/mol. The zero-order valence-corrected chi connectivity index (χ0v) is 15.9. The third-order valence-corrected chi connectivity index (χ3v) is 5.16.